The first-order valence-electron chi connectivity index (χ1n) is 5.80. The van der Waals surface area contributed by atoms with E-state index >= 15 is 0 Å². The molecule has 94 valence electrons. The van der Waals surface area contributed by atoms with E-state index in [0.29, 0.717) is 5.75 Å². The number of hydrogen-bond donors (Lipinski definition) is 3. The summed E-state index contributed by atoms with van der Waals surface area (Å²) >= 11 is 1.51. The molecule has 0 radical (unpaired) electrons. The molecule has 2 aliphatic rings. The average molecular weight is 263 g/mol. The van der Waals surface area contributed by atoms with Crippen LogP contribution in [0.5, 0.6) is 0 Å². The van der Waals surface area contributed by atoms with Gasteiger partial charge in [-0.2, -0.15) is 0 Å². The van der Waals surface area contributed by atoms with Gasteiger partial charge in [0, 0.05) is 23.7 Å². The number of rotatable bonds is 2. The monoisotopic (exact) mass is 263 g/mol. The van der Waals surface area contributed by atoms with Crippen LogP contribution in [0, 0.1) is 5.92 Å². The van der Waals surface area contributed by atoms with Crippen molar-refractivity contribution in [3.8, 4) is 0 Å². The summed E-state index contributed by atoms with van der Waals surface area (Å²) in [6, 6.07) is 5.60. The highest BCUT2D eigenvalue weighted by molar-refractivity contribution is 8.00. The first kappa shape index (κ1) is 11.6. The average Bonchev–Trinajstić information content (AvgIpc) is 2.25. The van der Waals surface area contributed by atoms with E-state index in [1.807, 2.05) is 18.2 Å². The maximum absolute atomic E-state index is 11.8. The van der Waals surface area contributed by atoms with Crippen molar-refractivity contribution in [1.29, 1.82) is 0 Å². The molecule has 1 fully saturated rings. The number of nitrogens with one attached hydrogen (secondary N) is 3. The highest BCUT2D eigenvalue weighted by atomic mass is 32.2. The normalized spacial score (nSPS) is 18.6. The lowest BCUT2D eigenvalue weighted by molar-refractivity contribution is -0.121. The molecule has 3 N–H and O–H groups in total. The second-order valence-electron chi connectivity index (χ2n) is 4.39. The third-order valence-electron chi connectivity index (χ3n) is 3.03. The molecule has 1 aromatic rings. The van der Waals surface area contributed by atoms with E-state index in [9.17, 15) is 9.59 Å². The van der Waals surface area contributed by atoms with Crippen LogP contribution in [0.3, 0.4) is 0 Å². The predicted molar refractivity (Wildman–Crippen MR) is 70.8 cm³/mol. The molecule has 5 nitrogen and oxygen atoms in total. The summed E-state index contributed by atoms with van der Waals surface area (Å²) in [6.07, 6.45) is 0. The van der Waals surface area contributed by atoms with Gasteiger partial charge >= 0.3 is 0 Å². The molecule has 3 rings (SSSR count). The second-order valence-corrected chi connectivity index (χ2v) is 5.41. The Kier molecular flexibility index (Phi) is 2.97. The van der Waals surface area contributed by atoms with Gasteiger partial charge < -0.3 is 16.0 Å². The fraction of sp³-hybridized carbons (Fsp3) is 0.333. The summed E-state index contributed by atoms with van der Waals surface area (Å²) in [4.78, 5) is 24.1. The Hall–Kier alpha value is -1.53. The van der Waals surface area contributed by atoms with Gasteiger partial charge in [-0.3, -0.25) is 9.59 Å². The third kappa shape index (κ3) is 2.21. The van der Waals surface area contributed by atoms with E-state index in [4.69, 9.17) is 0 Å². The molecular formula is C12H13N3O2S. The number of carbonyl (C=O) groups excluding carboxylic acids is 2. The molecule has 0 saturated carbocycles. The van der Waals surface area contributed by atoms with Crippen LogP contribution in [0.25, 0.3) is 0 Å². The summed E-state index contributed by atoms with van der Waals surface area (Å²) in [5, 5.41) is 8.74. The molecule has 0 unspecified atom stereocenters. The highest BCUT2D eigenvalue weighted by Gasteiger charge is 2.25. The van der Waals surface area contributed by atoms with Gasteiger partial charge in [0.25, 0.3) is 0 Å². The predicted octanol–water partition coefficient (Wildman–Crippen LogP) is 0.889. The summed E-state index contributed by atoms with van der Waals surface area (Å²) in [7, 11) is 0. The van der Waals surface area contributed by atoms with E-state index in [0.717, 1.165) is 29.4 Å². The van der Waals surface area contributed by atoms with Crippen molar-refractivity contribution in [2.24, 2.45) is 5.92 Å². The molecular weight excluding hydrogens is 250 g/mol. The van der Waals surface area contributed by atoms with Crippen molar-refractivity contribution in [3.05, 3.63) is 18.2 Å². The van der Waals surface area contributed by atoms with Gasteiger partial charge in [0.05, 0.1) is 17.4 Å². The highest BCUT2D eigenvalue weighted by Crippen LogP contribution is 2.33. The zero-order chi connectivity index (χ0) is 12.5. The van der Waals surface area contributed by atoms with Crippen LogP contribution in [-0.4, -0.2) is 30.7 Å². The van der Waals surface area contributed by atoms with Crippen LogP contribution >= 0.6 is 11.8 Å². The second kappa shape index (κ2) is 4.62. The minimum absolute atomic E-state index is 0.000769. The van der Waals surface area contributed by atoms with Crippen LogP contribution < -0.4 is 16.0 Å². The summed E-state index contributed by atoms with van der Waals surface area (Å²) < 4.78 is 0. The Balaban J connectivity index is 1.75. The molecule has 0 aromatic heterocycles. The Labute approximate surface area is 109 Å². The lowest BCUT2D eigenvalue weighted by Gasteiger charge is -2.26. The smallest absolute Gasteiger partial charge is 0.234 e. The number of anilines is 2. The molecule has 1 aromatic carbocycles. The topological polar surface area (TPSA) is 70.2 Å². The van der Waals surface area contributed by atoms with Crippen LogP contribution in [0.1, 0.15) is 0 Å². The van der Waals surface area contributed by atoms with Crippen molar-refractivity contribution in [1.82, 2.24) is 5.32 Å². The van der Waals surface area contributed by atoms with Crippen molar-refractivity contribution in [2.45, 2.75) is 4.90 Å². The third-order valence-corrected chi connectivity index (χ3v) is 4.11. The number of benzene rings is 1. The van der Waals surface area contributed by atoms with Crippen molar-refractivity contribution in [2.75, 3.05) is 29.5 Å². The number of carbonyl (C=O) groups is 2. The molecule has 0 bridgehead atoms. The van der Waals surface area contributed by atoms with E-state index < -0.39 is 0 Å². The SMILES string of the molecule is O=C1CSc2ccc(NC(=O)C3CNC3)cc2N1. The molecule has 0 atom stereocenters. The number of fused-ring (bicyclic) bond motifs is 1. The molecule has 18 heavy (non-hydrogen) atoms. The zero-order valence-electron chi connectivity index (χ0n) is 9.66. The van der Waals surface area contributed by atoms with Crippen molar-refractivity contribution >= 4 is 35.0 Å². The van der Waals surface area contributed by atoms with Gasteiger partial charge in [-0.25, -0.2) is 0 Å². The van der Waals surface area contributed by atoms with Gasteiger partial charge in [0.2, 0.25) is 11.8 Å². The van der Waals surface area contributed by atoms with Gasteiger partial charge in [-0.15, -0.1) is 11.8 Å². The summed E-state index contributed by atoms with van der Waals surface area (Å²) in [6.45, 7) is 1.48. The molecule has 2 amide bonds. The lowest BCUT2D eigenvalue weighted by atomic mass is 10.0. The zero-order valence-corrected chi connectivity index (χ0v) is 10.5. The van der Waals surface area contributed by atoms with E-state index in [-0.39, 0.29) is 17.7 Å². The molecule has 6 heteroatoms. The first-order valence-corrected chi connectivity index (χ1v) is 6.79. The first-order chi connectivity index (χ1) is 8.72. The fourth-order valence-corrected chi connectivity index (χ4v) is 2.67. The van der Waals surface area contributed by atoms with Crippen LogP contribution in [-0.2, 0) is 9.59 Å². The minimum Gasteiger partial charge on any atom is -0.326 e. The summed E-state index contributed by atoms with van der Waals surface area (Å²) in [5.41, 5.74) is 1.51. The molecule has 2 heterocycles. The van der Waals surface area contributed by atoms with E-state index in [1.165, 1.54) is 11.8 Å². The van der Waals surface area contributed by atoms with Crippen molar-refractivity contribution < 1.29 is 9.59 Å². The fourth-order valence-electron chi connectivity index (χ4n) is 1.88. The van der Waals surface area contributed by atoms with Gasteiger partial charge in [0.1, 0.15) is 0 Å². The largest absolute Gasteiger partial charge is 0.326 e. The molecule has 0 aliphatic carbocycles. The maximum Gasteiger partial charge on any atom is 0.234 e. The molecule has 2 aliphatic heterocycles. The Morgan fingerprint density at radius 3 is 2.94 bits per heavy atom. The molecule has 0 spiro atoms. The quantitative estimate of drug-likeness (QED) is 0.741. The minimum atomic E-state index is -0.000769. The van der Waals surface area contributed by atoms with Gasteiger partial charge in [0.15, 0.2) is 0 Å². The van der Waals surface area contributed by atoms with Gasteiger partial charge in [-0.05, 0) is 18.2 Å². The van der Waals surface area contributed by atoms with E-state index in [1.54, 1.807) is 0 Å². The van der Waals surface area contributed by atoms with E-state index in [2.05, 4.69) is 16.0 Å². The van der Waals surface area contributed by atoms with Crippen LogP contribution in [0.15, 0.2) is 23.1 Å². The maximum atomic E-state index is 11.8. The lowest BCUT2D eigenvalue weighted by Crippen LogP contribution is -2.48. The Morgan fingerprint density at radius 2 is 2.22 bits per heavy atom. The summed E-state index contributed by atoms with van der Waals surface area (Å²) in [5.74, 6) is 0.541. The van der Waals surface area contributed by atoms with Gasteiger partial charge in [-0.1, -0.05) is 0 Å². The Morgan fingerprint density at radius 1 is 1.39 bits per heavy atom. The van der Waals surface area contributed by atoms with Crippen LogP contribution in [0.2, 0.25) is 0 Å². The van der Waals surface area contributed by atoms with Crippen LogP contribution in [0.4, 0.5) is 11.4 Å². The number of thioether (sulfide) groups is 1. The Bertz CT molecular complexity index is 514. The van der Waals surface area contributed by atoms with Crippen molar-refractivity contribution in [3.63, 3.8) is 0 Å². The number of amides is 2. The number of hydrogen-bond acceptors (Lipinski definition) is 4. The standard InChI is InChI=1S/C12H13N3O2S/c16-11-6-18-10-2-1-8(3-9(10)15-11)14-12(17)7-4-13-5-7/h1-3,7,13H,4-6H2,(H,14,17)(H,15,16). The molecule has 1 saturated heterocycles.